The van der Waals surface area contributed by atoms with Gasteiger partial charge in [-0.05, 0) is 43.6 Å². The van der Waals surface area contributed by atoms with Crippen molar-refractivity contribution in [3.8, 4) is 0 Å². The number of ketones is 1. The summed E-state index contributed by atoms with van der Waals surface area (Å²) in [5.74, 6) is 1.39. The van der Waals surface area contributed by atoms with Crippen molar-refractivity contribution in [1.29, 1.82) is 0 Å². The highest BCUT2D eigenvalue weighted by atomic mass is 16.3. The summed E-state index contributed by atoms with van der Waals surface area (Å²) >= 11 is 0. The third-order valence-electron chi connectivity index (χ3n) is 5.02. The Kier molecular flexibility index (Phi) is 1.75. The number of rotatable bonds is 0. The molecule has 0 aromatic heterocycles. The molecule has 3 aliphatic carbocycles. The quantitative estimate of drug-likeness (QED) is 0.659. The second-order valence-electron chi connectivity index (χ2n) is 5.63. The average molecular weight is 206 g/mol. The first-order valence-corrected chi connectivity index (χ1v) is 6.00. The van der Waals surface area contributed by atoms with E-state index in [0.717, 1.165) is 24.8 Å². The number of hydrogen-bond donors (Lipinski definition) is 1. The fourth-order valence-electron chi connectivity index (χ4n) is 4.10. The van der Waals surface area contributed by atoms with Gasteiger partial charge in [0.05, 0.1) is 5.60 Å². The molecule has 4 atom stereocenters. The van der Waals surface area contributed by atoms with E-state index in [0.29, 0.717) is 30.0 Å². The van der Waals surface area contributed by atoms with Gasteiger partial charge in [0, 0.05) is 12.3 Å². The normalized spacial score (nSPS) is 48.7. The fourth-order valence-corrected chi connectivity index (χ4v) is 4.10. The minimum atomic E-state index is -0.484. The molecular weight excluding hydrogens is 188 g/mol. The van der Waals surface area contributed by atoms with Gasteiger partial charge in [0.25, 0.3) is 0 Å². The molecule has 0 saturated heterocycles. The first-order valence-electron chi connectivity index (χ1n) is 6.00. The van der Waals surface area contributed by atoms with Gasteiger partial charge in [0.2, 0.25) is 0 Å². The third kappa shape index (κ3) is 1.01. The van der Waals surface area contributed by atoms with E-state index in [1.807, 2.05) is 6.92 Å². The van der Waals surface area contributed by atoms with Crippen molar-refractivity contribution in [2.45, 2.75) is 45.1 Å². The maximum absolute atomic E-state index is 11.6. The zero-order chi connectivity index (χ0) is 10.8. The highest BCUT2D eigenvalue weighted by Crippen LogP contribution is 2.59. The predicted molar refractivity (Wildman–Crippen MR) is 57.3 cm³/mol. The van der Waals surface area contributed by atoms with Gasteiger partial charge in [-0.1, -0.05) is 12.5 Å². The molecule has 3 rings (SSSR count). The average Bonchev–Trinajstić information content (AvgIpc) is 2.69. The van der Waals surface area contributed by atoms with E-state index in [1.54, 1.807) is 0 Å². The molecule has 0 aromatic rings. The van der Waals surface area contributed by atoms with Crippen molar-refractivity contribution in [3.05, 3.63) is 11.1 Å². The highest BCUT2D eigenvalue weighted by Gasteiger charge is 2.58. The van der Waals surface area contributed by atoms with Crippen LogP contribution < -0.4 is 0 Å². The van der Waals surface area contributed by atoms with Crippen molar-refractivity contribution >= 4 is 5.78 Å². The maximum atomic E-state index is 11.6. The highest BCUT2D eigenvalue weighted by molar-refractivity contribution is 5.99. The van der Waals surface area contributed by atoms with Crippen molar-refractivity contribution in [2.75, 3.05) is 0 Å². The van der Waals surface area contributed by atoms with Crippen molar-refractivity contribution in [2.24, 2.45) is 17.8 Å². The van der Waals surface area contributed by atoms with Crippen LogP contribution in [0, 0.1) is 17.8 Å². The molecule has 2 nitrogen and oxygen atoms in total. The maximum Gasteiger partial charge on any atom is 0.159 e. The largest absolute Gasteiger partial charge is 0.389 e. The molecule has 0 unspecified atom stereocenters. The lowest BCUT2D eigenvalue weighted by Gasteiger charge is -2.28. The second kappa shape index (κ2) is 2.73. The van der Waals surface area contributed by atoms with E-state index >= 15 is 0 Å². The Labute approximate surface area is 90.4 Å². The minimum Gasteiger partial charge on any atom is -0.389 e. The van der Waals surface area contributed by atoms with Gasteiger partial charge in [-0.3, -0.25) is 4.79 Å². The van der Waals surface area contributed by atoms with Gasteiger partial charge in [-0.15, -0.1) is 0 Å². The number of Topliss-reactive ketones (excluding diaryl/α,β-unsaturated/α-hetero) is 1. The zero-order valence-electron chi connectivity index (χ0n) is 9.42. The number of hydrogen-bond acceptors (Lipinski definition) is 2. The SMILES string of the molecule is CC1=C2[C@@H](CC1=O)C[C@]1(O)[C@H](C)CC[C@H]21. The molecule has 0 bridgehead atoms. The van der Waals surface area contributed by atoms with E-state index in [9.17, 15) is 9.90 Å². The molecule has 0 aliphatic heterocycles. The summed E-state index contributed by atoms with van der Waals surface area (Å²) in [5, 5.41) is 10.7. The fraction of sp³-hybridized carbons (Fsp3) is 0.769. The molecule has 2 heteroatoms. The summed E-state index contributed by atoms with van der Waals surface area (Å²) in [5.41, 5.74) is 1.80. The Morgan fingerprint density at radius 1 is 1.40 bits per heavy atom. The molecule has 3 aliphatic rings. The van der Waals surface area contributed by atoms with E-state index in [2.05, 4.69) is 6.92 Å². The predicted octanol–water partition coefficient (Wildman–Crippen LogP) is 2.07. The Morgan fingerprint density at radius 3 is 2.87 bits per heavy atom. The van der Waals surface area contributed by atoms with E-state index in [1.165, 1.54) is 5.57 Å². The summed E-state index contributed by atoms with van der Waals surface area (Å²) in [6, 6.07) is 0. The van der Waals surface area contributed by atoms with Crippen LogP contribution in [0.2, 0.25) is 0 Å². The van der Waals surface area contributed by atoms with Gasteiger partial charge < -0.3 is 5.11 Å². The lowest BCUT2D eigenvalue weighted by Crippen LogP contribution is -2.35. The van der Waals surface area contributed by atoms with E-state index in [4.69, 9.17) is 0 Å². The standard InChI is InChI=1S/C13H18O2/c1-7-3-4-10-12-8(2)11(14)5-9(12)6-13(7,10)15/h7,9-10,15H,3-6H2,1-2H3/t7-,9+,10-,13+/m1/s1. The molecule has 0 amide bonds. The van der Waals surface area contributed by atoms with Crippen molar-refractivity contribution in [3.63, 3.8) is 0 Å². The van der Waals surface area contributed by atoms with Crippen LogP contribution in [-0.4, -0.2) is 16.5 Å². The molecule has 2 saturated carbocycles. The zero-order valence-corrected chi connectivity index (χ0v) is 9.42. The summed E-state index contributed by atoms with van der Waals surface area (Å²) in [6.07, 6.45) is 3.68. The molecular formula is C13H18O2. The molecule has 0 radical (unpaired) electrons. The molecule has 0 spiro atoms. The Morgan fingerprint density at radius 2 is 2.13 bits per heavy atom. The number of fused-ring (bicyclic) bond motifs is 3. The van der Waals surface area contributed by atoms with Gasteiger partial charge in [0.1, 0.15) is 0 Å². The van der Waals surface area contributed by atoms with E-state index in [-0.39, 0.29) is 0 Å². The van der Waals surface area contributed by atoms with Gasteiger partial charge >= 0.3 is 0 Å². The van der Waals surface area contributed by atoms with Gasteiger partial charge in [0.15, 0.2) is 5.78 Å². The van der Waals surface area contributed by atoms with Crippen LogP contribution >= 0.6 is 0 Å². The first kappa shape index (κ1) is 9.59. The van der Waals surface area contributed by atoms with Crippen LogP contribution in [0.25, 0.3) is 0 Å². The first-order chi connectivity index (χ1) is 7.04. The molecule has 82 valence electrons. The molecule has 0 heterocycles. The molecule has 15 heavy (non-hydrogen) atoms. The number of allylic oxidation sites excluding steroid dienone is 1. The number of aliphatic hydroxyl groups is 1. The Bertz CT molecular complexity index is 369. The minimum absolute atomic E-state index is 0.295. The lowest BCUT2D eigenvalue weighted by atomic mass is 9.85. The third-order valence-corrected chi connectivity index (χ3v) is 5.02. The van der Waals surface area contributed by atoms with Gasteiger partial charge in [-0.2, -0.15) is 0 Å². The van der Waals surface area contributed by atoms with Crippen LogP contribution in [0.5, 0.6) is 0 Å². The summed E-state index contributed by atoms with van der Waals surface area (Å²) in [4.78, 5) is 11.6. The smallest absolute Gasteiger partial charge is 0.159 e. The number of carbonyl (C=O) groups excluding carboxylic acids is 1. The van der Waals surface area contributed by atoms with Crippen LogP contribution in [0.4, 0.5) is 0 Å². The summed E-state index contributed by atoms with van der Waals surface area (Å²) < 4.78 is 0. The van der Waals surface area contributed by atoms with Crippen LogP contribution in [0.3, 0.4) is 0 Å². The van der Waals surface area contributed by atoms with Crippen LogP contribution in [-0.2, 0) is 4.79 Å². The topological polar surface area (TPSA) is 37.3 Å². The molecule has 2 fully saturated rings. The Hall–Kier alpha value is -0.630. The Balaban J connectivity index is 2.07. The second-order valence-corrected chi connectivity index (χ2v) is 5.63. The van der Waals surface area contributed by atoms with Gasteiger partial charge in [-0.25, -0.2) is 0 Å². The molecule has 1 N–H and O–H groups in total. The van der Waals surface area contributed by atoms with Crippen LogP contribution in [0.15, 0.2) is 11.1 Å². The monoisotopic (exact) mass is 206 g/mol. The summed E-state index contributed by atoms with van der Waals surface area (Å²) in [6.45, 7) is 4.10. The van der Waals surface area contributed by atoms with E-state index < -0.39 is 5.60 Å². The van der Waals surface area contributed by atoms with Crippen LogP contribution in [0.1, 0.15) is 39.5 Å². The number of carbonyl (C=O) groups is 1. The lowest BCUT2D eigenvalue weighted by molar-refractivity contribution is -0.115. The van der Waals surface area contributed by atoms with Crippen molar-refractivity contribution in [1.82, 2.24) is 0 Å². The summed E-state index contributed by atoms with van der Waals surface area (Å²) in [7, 11) is 0. The van der Waals surface area contributed by atoms with Crippen molar-refractivity contribution < 1.29 is 9.90 Å². The molecule has 0 aromatic carbocycles.